The van der Waals surface area contributed by atoms with Gasteiger partial charge in [-0.05, 0) is 66.8 Å². The zero-order valence-electron chi connectivity index (χ0n) is 19.0. The van der Waals surface area contributed by atoms with Crippen LogP contribution in [0.5, 0.6) is 11.5 Å². The Morgan fingerprint density at radius 3 is 1.91 bits per heavy atom. The normalized spacial score (nSPS) is 10.9. The fraction of sp³-hybridized carbons (Fsp3) is 0.333. The van der Waals surface area contributed by atoms with Crippen molar-refractivity contribution in [2.45, 2.75) is 41.7 Å². The summed E-state index contributed by atoms with van der Waals surface area (Å²) >= 11 is 0. The van der Waals surface area contributed by atoms with Crippen LogP contribution in [0, 0.1) is 5.92 Å². The predicted molar refractivity (Wildman–Crippen MR) is 134 cm³/mol. The lowest BCUT2D eigenvalue weighted by atomic mass is 9.95. The molecule has 0 aliphatic heterocycles. The van der Waals surface area contributed by atoms with Crippen LogP contribution in [-0.2, 0) is 6.54 Å². The fourth-order valence-corrected chi connectivity index (χ4v) is 3.85. The minimum absolute atomic E-state index is 0. The number of aromatic nitrogens is 3. The molecule has 0 fully saturated rings. The van der Waals surface area contributed by atoms with Crippen molar-refractivity contribution in [3.63, 3.8) is 0 Å². The molecular weight excluding hydrogens is 414 g/mol. The van der Waals surface area contributed by atoms with Crippen LogP contribution in [0.15, 0.2) is 65.6 Å². The van der Waals surface area contributed by atoms with Gasteiger partial charge in [-0.25, -0.2) is 13.9 Å². The predicted octanol–water partition coefficient (Wildman–Crippen LogP) is 5.92. The zero-order chi connectivity index (χ0) is 22.7. The second-order valence-electron chi connectivity index (χ2n) is 8.07. The summed E-state index contributed by atoms with van der Waals surface area (Å²) in [6, 6.07) is 17.9. The van der Waals surface area contributed by atoms with Gasteiger partial charge in [0.1, 0.15) is 11.5 Å². The van der Waals surface area contributed by atoms with E-state index in [-0.39, 0.29) is 13.1 Å². The number of pyridine rings is 1. The monoisotopic (exact) mass is 447 g/mol. The van der Waals surface area contributed by atoms with Gasteiger partial charge in [0.2, 0.25) is 0 Å². The molecule has 4 aromatic rings. The van der Waals surface area contributed by atoms with Crippen molar-refractivity contribution < 1.29 is 9.47 Å². The summed E-state index contributed by atoms with van der Waals surface area (Å²) in [5, 5.41) is 4.73. The highest BCUT2D eigenvalue weighted by molar-refractivity contribution is 5.91. The van der Waals surface area contributed by atoms with Crippen molar-refractivity contribution in [1.29, 1.82) is 0 Å². The molecule has 0 bridgehead atoms. The minimum Gasteiger partial charge on any atom is -0.494 e. The van der Waals surface area contributed by atoms with Crippen molar-refractivity contribution >= 4 is 5.65 Å². The van der Waals surface area contributed by atoms with Gasteiger partial charge in [-0.15, -0.1) is 5.10 Å². The van der Waals surface area contributed by atoms with Crippen LogP contribution >= 0.6 is 0 Å². The number of rotatable bonds is 8. The lowest BCUT2D eigenvalue weighted by molar-refractivity contribution is 0.340. The molecule has 0 saturated carbocycles. The van der Waals surface area contributed by atoms with Crippen LogP contribution in [0.2, 0.25) is 0 Å². The number of hydrogen-bond acceptors (Lipinski definition) is 4. The topological polar surface area (TPSA) is 57.8 Å². The van der Waals surface area contributed by atoms with Gasteiger partial charge in [0.15, 0.2) is 5.65 Å². The molecule has 0 spiro atoms. The van der Waals surface area contributed by atoms with E-state index in [4.69, 9.17) is 14.6 Å². The number of hydrogen-bond donors (Lipinski definition) is 0. The Kier molecular flexibility index (Phi) is 7.59. The van der Waals surface area contributed by atoms with Crippen molar-refractivity contribution in [3.05, 3.63) is 71.3 Å². The molecule has 0 amide bonds. The summed E-state index contributed by atoms with van der Waals surface area (Å²) in [6.45, 7) is 9.90. The molecule has 4 rings (SSSR count). The molecule has 2 heterocycles. The summed E-state index contributed by atoms with van der Waals surface area (Å²) in [5.74, 6) is 1.96. The molecule has 174 valence electrons. The van der Waals surface area contributed by atoms with Gasteiger partial charge in [-0.2, -0.15) is 0 Å². The summed E-state index contributed by atoms with van der Waals surface area (Å²) in [4.78, 5) is 13.0. The molecule has 0 unspecified atom stereocenters. The quantitative estimate of drug-likeness (QED) is 0.336. The molecule has 2 aromatic heterocycles. The fourth-order valence-electron chi connectivity index (χ4n) is 3.85. The van der Waals surface area contributed by atoms with Crippen LogP contribution in [-0.4, -0.2) is 27.4 Å². The highest BCUT2D eigenvalue weighted by Gasteiger charge is 2.18. The van der Waals surface area contributed by atoms with E-state index in [1.165, 1.54) is 0 Å². The Hall–Kier alpha value is -3.54. The van der Waals surface area contributed by atoms with Crippen LogP contribution < -0.4 is 15.2 Å². The Labute approximate surface area is 195 Å². The van der Waals surface area contributed by atoms with E-state index in [9.17, 15) is 4.79 Å². The number of benzene rings is 2. The van der Waals surface area contributed by atoms with Gasteiger partial charge in [-0.3, -0.25) is 0 Å². The van der Waals surface area contributed by atoms with Crippen LogP contribution in [0.25, 0.3) is 27.9 Å². The summed E-state index contributed by atoms with van der Waals surface area (Å²) < 4.78 is 14.4. The Balaban J connectivity index is 0.00000306. The van der Waals surface area contributed by atoms with Crippen LogP contribution in [0.3, 0.4) is 0 Å². The van der Waals surface area contributed by atoms with E-state index in [1.807, 2.05) is 74.6 Å². The van der Waals surface area contributed by atoms with Gasteiger partial charge < -0.3 is 9.47 Å². The second kappa shape index (κ2) is 10.4. The van der Waals surface area contributed by atoms with E-state index < -0.39 is 0 Å². The average Bonchev–Trinajstić information content (AvgIpc) is 3.09. The second-order valence-corrected chi connectivity index (χ2v) is 8.07. The van der Waals surface area contributed by atoms with Crippen molar-refractivity contribution in [2.24, 2.45) is 5.92 Å². The van der Waals surface area contributed by atoms with Gasteiger partial charge >= 0.3 is 5.69 Å². The Bertz CT molecular complexity index is 1250. The number of fused-ring (bicyclic) bond motifs is 1. The first kappa shape index (κ1) is 24.1. The lowest BCUT2D eigenvalue weighted by Crippen LogP contribution is -2.23. The third-order valence-corrected chi connectivity index (χ3v) is 5.22. The molecule has 0 radical (unpaired) electrons. The van der Waals surface area contributed by atoms with Crippen molar-refractivity contribution in [2.75, 3.05) is 13.2 Å². The molecule has 0 saturated heterocycles. The molecule has 0 atom stereocenters. The Morgan fingerprint density at radius 2 is 1.39 bits per heavy atom. The first-order chi connectivity index (χ1) is 15.5. The molecule has 0 N–H and O–H groups in total. The van der Waals surface area contributed by atoms with Gasteiger partial charge in [-0.1, -0.05) is 45.5 Å². The lowest BCUT2D eigenvalue weighted by Gasteiger charge is -2.13. The molecule has 2 aromatic carbocycles. The average molecular weight is 448 g/mol. The van der Waals surface area contributed by atoms with E-state index in [0.29, 0.717) is 31.3 Å². The summed E-state index contributed by atoms with van der Waals surface area (Å²) in [6.07, 6.45) is 1.81. The van der Waals surface area contributed by atoms with E-state index >= 15 is 0 Å². The molecule has 0 aliphatic carbocycles. The van der Waals surface area contributed by atoms with E-state index in [2.05, 4.69) is 13.8 Å². The molecule has 0 aliphatic rings. The summed E-state index contributed by atoms with van der Waals surface area (Å²) in [5.41, 5.74) is 4.45. The maximum absolute atomic E-state index is 13.0. The number of nitrogens with zero attached hydrogens (tertiary/aromatic N) is 3. The molecular formula is C27H33N3O3. The first-order valence-electron chi connectivity index (χ1n) is 11.1. The van der Waals surface area contributed by atoms with Gasteiger partial charge in [0, 0.05) is 18.3 Å². The SMILES string of the molecule is C.CCOc1ccc(-c2ccn3c(=O)n(CC(C)C)nc3c2-c2ccc(OCC)cc2)cc1. The van der Waals surface area contributed by atoms with Crippen molar-refractivity contribution in [3.8, 4) is 33.8 Å². The van der Waals surface area contributed by atoms with Crippen LogP contribution in [0.4, 0.5) is 0 Å². The molecule has 6 heteroatoms. The van der Waals surface area contributed by atoms with E-state index in [1.54, 1.807) is 9.08 Å². The van der Waals surface area contributed by atoms with Gasteiger partial charge in [0.05, 0.1) is 13.2 Å². The largest absolute Gasteiger partial charge is 0.494 e. The first-order valence-corrected chi connectivity index (χ1v) is 11.1. The molecule has 6 nitrogen and oxygen atoms in total. The highest BCUT2D eigenvalue weighted by Crippen LogP contribution is 2.36. The smallest absolute Gasteiger partial charge is 0.350 e. The van der Waals surface area contributed by atoms with Crippen molar-refractivity contribution in [1.82, 2.24) is 14.2 Å². The maximum atomic E-state index is 13.0. The van der Waals surface area contributed by atoms with Gasteiger partial charge in [0.25, 0.3) is 0 Å². The summed E-state index contributed by atoms with van der Waals surface area (Å²) in [7, 11) is 0. The third kappa shape index (κ3) is 4.95. The number of ether oxygens (including phenoxy) is 2. The zero-order valence-corrected chi connectivity index (χ0v) is 19.0. The van der Waals surface area contributed by atoms with E-state index in [0.717, 1.165) is 33.8 Å². The third-order valence-electron chi connectivity index (χ3n) is 5.22. The van der Waals surface area contributed by atoms with Crippen LogP contribution in [0.1, 0.15) is 35.1 Å². The maximum Gasteiger partial charge on any atom is 0.350 e. The molecule has 33 heavy (non-hydrogen) atoms. The standard InChI is InChI=1S/C26H29N3O3.CH4/c1-5-31-21-11-7-19(8-12-21)23-15-16-28-25(27-29(26(28)30)17-18(3)4)24(23)20-9-13-22(14-10-20)32-6-2;/h7-16,18H,5-6,17H2,1-4H3;1H4. The minimum atomic E-state index is -0.126. The Morgan fingerprint density at radius 1 is 0.848 bits per heavy atom. The highest BCUT2D eigenvalue weighted by atomic mass is 16.5.